The van der Waals surface area contributed by atoms with Gasteiger partial charge in [0.1, 0.15) is 11.7 Å². The molecule has 1 saturated heterocycles. The Kier molecular flexibility index (Phi) is 8.52. The molecular formula is C15H25Cl2N5O2. The highest BCUT2D eigenvalue weighted by Gasteiger charge is 2.24. The van der Waals surface area contributed by atoms with Gasteiger partial charge in [-0.1, -0.05) is 0 Å². The van der Waals surface area contributed by atoms with E-state index in [4.69, 9.17) is 17.3 Å². The van der Waals surface area contributed by atoms with Gasteiger partial charge in [-0.3, -0.25) is 9.59 Å². The zero-order valence-electron chi connectivity index (χ0n) is 13.9. The van der Waals surface area contributed by atoms with Crippen molar-refractivity contribution in [3.05, 3.63) is 22.5 Å². The Morgan fingerprint density at radius 3 is 2.62 bits per heavy atom. The summed E-state index contributed by atoms with van der Waals surface area (Å²) >= 11 is 5.65. The number of nitrogens with two attached hydrogens (primary N) is 1. The molecule has 24 heavy (non-hydrogen) atoms. The summed E-state index contributed by atoms with van der Waals surface area (Å²) in [5.74, 6) is 1.21. The number of halogens is 2. The molecule has 0 atom stereocenters. The van der Waals surface area contributed by atoms with Gasteiger partial charge in [0.15, 0.2) is 0 Å². The molecule has 0 radical (unpaired) electrons. The summed E-state index contributed by atoms with van der Waals surface area (Å²) in [6, 6.07) is 3.30. The molecule has 1 aliphatic heterocycles. The number of anilines is 1. The monoisotopic (exact) mass is 377 g/mol. The van der Waals surface area contributed by atoms with Gasteiger partial charge in [-0.2, -0.15) is 5.10 Å². The van der Waals surface area contributed by atoms with Crippen molar-refractivity contribution in [2.24, 2.45) is 18.7 Å². The molecule has 0 spiro atoms. The van der Waals surface area contributed by atoms with E-state index in [1.807, 2.05) is 0 Å². The Hall–Kier alpha value is -1.31. The van der Waals surface area contributed by atoms with Gasteiger partial charge in [0.05, 0.1) is 0 Å². The number of piperidine rings is 1. The van der Waals surface area contributed by atoms with E-state index in [0.29, 0.717) is 25.6 Å². The number of aryl methyl sites for hydroxylation is 1. The van der Waals surface area contributed by atoms with Gasteiger partial charge < -0.3 is 15.5 Å². The number of amides is 1. The van der Waals surface area contributed by atoms with Crippen molar-refractivity contribution >= 4 is 35.7 Å². The Morgan fingerprint density at radius 1 is 1.42 bits per heavy atom. The average Bonchev–Trinajstić information content (AvgIpc) is 2.57. The first-order chi connectivity index (χ1) is 11.0. The molecular weight excluding hydrogens is 353 g/mol. The van der Waals surface area contributed by atoms with Crippen LogP contribution in [-0.2, 0) is 11.8 Å². The van der Waals surface area contributed by atoms with Crippen LogP contribution in [0.5, 0.6) is 0 Å². The molecule has 2 heterocycles. The molecule has 1 aromatic heterocycles. The first-order valence-corrected chi connectivity index (χ1v) is 8.41. The average molecular weight is 378 g/mol. The second-order valence-corrected chi connectivity index (χ2v) is 6.11. The predicted octanol–water partition coefficient (Wildman–Crippen LogP) is 0.445. The SMILES string of the molecule is Cl.Cn1nc(N2CCC(CN(CCN)C(=O)CCl)CC2)ccc1=O. The van der Waals surface area contributed by atoms with Crippen LogP contribution in [0.1, 0.15) is 12.8 Å². The Bertz CT molecular complexity index is 587. The van der Waals surface area contributed by atoms with E-state index in [9.17, 15) is 9.59 Å². The van der Waals surface area contributed by atoms with Crippen molar-refractivity contribution in [1.82, 2.24) is 14.7 Å². The summed E-state index contributed by atoms with van der Waals surface area (Å²) in [4.78, 5) is 27.2. The van der Waals surface area contributed by atoms with E-state index in [-0.39, 0.29) is 29.8 Å². The van der Waals surface area contributed by atoms with Crippen LogP contribution < -0.4 is 16.2 Å². The van der Waals surface area contributed by atoms with Crippen LogP contribution in [0.3, 0.4) is 0 Å². The number of rotatable bonds is 6. The topological polar surface area (TPSA) is 84.5 Å². The summed E-state index contributed by atoms with van der Waals surface area (Å²) in [5, 5.41) is 4.28. The number of aromatic nitrogens is 2. The summed E-state index contributed by atoms with van der Waals surface area (Å²) in [7, 11) is 1.65. The number of hydrogen-bond acceptors (Lipinski definition) is 5. The first kappa shape index (κ1) is 20.7. The fourth-order valence-electron chi connectivity index (χ4n) is 2.87. The number of carbonyl (C=O) groups excluding carboxylic acids is 1. The largest absolute Gasteiger partial charge is 0.355 e. The van der Waals surface area contributed by atoms with Crippen LogP contribution >= 0.6 is 24.0 Å². The maximum atomic E-state index is 11.8. The van der Waals surface area contributed by atoms with Crippen molar-refractivity contribution in [1.29, 1.82) is 0 Å². The van der Waals surface area contributed by atoms with Gasteiger partial charge in [0, 0.05) is 45.8 Å². The molecule has 1 aliphatic rings. The second kappa shape index (κ2) is 9.86. The highest BCUT2D eigenvalue weighted by atomic mass is 35.5. The Balaban J connectivity index is 0.00000288. The third-order valence-corrected chi connectivity index (χ3v) is 4.46. The van der Waals surface area contributed by atoms with Gasteiger partial charge in [-0.25, -0.2) is 4.68 Å². The lowest BCUT2D eigenvalue weighted by Crippen LogP contribution is -2.43. The molecule has 0 aliphatic carbocycles. The highest BCUT2D eigenvalue weighted by molar-refractivity contribution is 6.27. The third-order valence-electron chi connectivity index (χ3n) is 4.23. The van der Waals surface area contributed by atoms with E-state index in [1.54, 1.807) is 18.0 Å². The van der Waals surface area contributed by atoms with E-state index in [1.165, 1.54) is 10.7 Å². The fourth-order valence-corrected chi connectivity index (χ4v) is 3.04. The molecule has 1 aromatic rings. The number of nitrogens with zero attached hydrogens (tertiary/aromatic N) is 4. The van der Waals surface area contributed by atoms with Crippen molar-refractivity contribution in [3.63, 3.8) is 0 Å². The molecule has 0 unspecified atom stereocenters. The van der Waals surface area contributed by atoms with Crippen LogP contribution in [-0.4, -0.2) is 59.2 Å². The standard InChI is InChI=1S/C15H24ClN5O2.ClH/c1-19-14(22)3-2-13(18-19)20-7-4-12(5-8-20)11-21(9-6-17)15(23)10-16;/h2-3,12H,4-11,17H2,1H3;1H. The van der Waals surface area contributed by atoms with Gasteiger partial charge in [-0.05, 0) is 24.8 Å². The van der Waals surface area contributed by atoms with E-state index in [0.717, 1.165) is 31.7 Å². The molecule has 1 fully saturated rings. The van der Waals surface area contributed by atoms with Gasteiger partial charge in [0.2, 0.25) is 5.91 Å². The molecule has 2 rings (SSSR count). The molecule has 0 bridgehead atoms. The smallest absolute Gasteiger partial charge is 0.266 e. The lowest BCUT2D eigenvalue weighted by atomic mass is 9.96. The molecule has 7 nitrogen and oxygen atoms in total. The zero-order valence-corrected chi connectivity index (χ0v) is 15.4. The van der Waals surface area contributed by atoms with E-state index < -0.39 is 0 Å². The Labute approximate surface area is 153 Å². The van der Waals surface area contributed by atoms with Crippen LogP contribution in [0.25, 0.3) is 0 Å². The lowest BCUT2D eigenvalue weighted by molar-refractivity contribution is -0.129. The maximum absolute atomic E-state index is 11.8. The van der Waals surface area contributed by atoms with E-state index in [2.05, 4.69) is 10.00 Å². The molecule has 1 amide bonds. The molecule has 136 valence electrons. The summed E-state index contributed by atoms with van der Waals surface area (Å²) in [6.07, 6.45) is 1.95. The summed E-state index contributed by atoms with van der Waals surface area (Å²) in [6.45, 7) is 3.43. The minimum absolute atomic E-state index is 0. The van der Waals surface area contributed by atoms with Gasteiger partial charge in [0.25, 0.3) is 5.56 Å². The molecule has 0 saturated carbocycles. The number of alkyl halides is 1. The van der Waals surface area contributed by atoms with Gasteiger partial charge in [-0.15, -0.1) is 24.0 Å². The molecule has 9 heteroatoms. The third kappa shape index (κ3) is 5.36. The minimum atomic E-state index is -0.111. The maximum Gasteiger partial charge on any atom is 0.266 e. The van der Waals surface area contributed by atoms with Crippen LogP contribution in [0, 0.1) is 5.92 Å². The minimum Gasteiger partial charge on any atom is -0.355 e. The quantitative estimate of drug-likeness (QED) is 0.727. The normalized spacial score (nSPS) is 15.0. The van der Waals surface area contributed by atoms with Crippen molar-refractivity contribution in [2.45, 2.75) is 12.8 Å². The number of hydrogen-bond donors (Lipinski definition) is 1. The van der Waals surface area contributed by atoms with Crippen molar-refractivity contribution in [2.75, 3.05) is 43.5 Å². The van der Waals surface area contributed by atoms with Crippen molar-refractivity contribution in [3.8, 4) is 0 Å². The fraction of sp³-hybridized carbons (Fsp3) is 0.667. The molecule has 0 aromatic carbocycles. The van der Waals surface area contributed by atoms with Crippen LogP contribution in [0.15, 0.2) is 16.9 Å². The van der Waals surface area contributed by atoms with Crippen LogP contribution in [0.4, 0.5) is 5.82 Å². The van der Waals surface area contributed by atoms with Gasteiger partial charge >= 0.3 is 0 Å². The molecule has 2 N–H and O–H groups in total. The lowest BCUT2D eigenvalue weighted by Gasteiger charge is -2.35. The second-order valence-electron chi connectivity index (χ2n) is 5.85. The highest BCUT2D eigenvalue weighted by Crippen LogP contribution is 2.22. The first-order valence-electron chi connectivity index (χ1n) is 7.88. The zero-order chi connectivity index (χ0) is 16.8. The van der Waals surface area contributed by atoms with Crippen LogP contribution in [0.2, 0.25) is 0 Å². The Morgan fingerprint density at radius 2 is 2.08 bits per heavy atom. The number of carbonyl (C=O) groups is 1. The van der Waals surface area contributed by atoms with E-state index >= 15 is 0 Å². The van der Waals surface area contributed by atoms with Crippen molar-refractivity contribution < 1.29 is 4.79 Å². The summed E-state index contributed by atoms with van der Waals surface area (Å²) < 4.78 is 1.35. The summed E-state index contributed by atoms with van der Waals surface area (Å²) in [5.41, 5.74) is 5.46. The predicted molar refractivity (Wildman–Crippen MR) is 98.0 cm³/mol.